The van der Waals surface area contributed by atoms with E-state index in [2.05, 4.69) is 5.32 Å². The molecule has 1 aliphatic heterocycles. The molecule has 0 amide bonds. The van der Waals surface area contributed by atoms with Crippen molar-refractivity contribution in [1.82, 2.24) is 0 Å². The Labute approximate surface area is 187 Å². The van der Waals surface area contributed by atoms with Gasteiger partial charge in [-0.05, 0) is 62.7 Å². The highest BCUT2D eigenvalue weighted by Crippen LogP contribution is 2.45. The van der Waals surface area contributed by atoms with Crippen LogP contribution in [0, 0.1) is 0 Å². The van der Waals surface area contributed by atoms with Crippen molar-refractivity contribution in [3.05, 3.63) is 58.7 Å². The van der Waals surface area contributed by atoms with Crippen molar-refractivity contribution in [2.24, 2.45) is 0 Å². The van der Waals surface area contributed by atoms with Gasteiger partial charge in [0, 0.05) is 24.9 Å². The van der Waals surface area contributed by atoms with Gasteiger partial charge in [0.05, 0.1) is 17.7 Å². The Bertz CT molecular complexity index is 955. The van der Waals surface area contributed by atoms with Gasteiger partial charge in [0.25, 0.3) is 0 Å². The first kappa shape index (κ1) is 25.2. The molecule has 2 unspecified atom stereocenters. The highest BCUT2D eigenvalue weighted by Gasteiger charge is 2.46. The van der Waals surface area contributed by atoms with Gasteiger partial charge in [-0.1, -0.05) is 0 Å². The second kappa shape index (κ2) is 9.06. The molecule has 4 nitrogen and oxygen atoms in total. The van der Waals surface area contributed by atoms with Crippen LogP contribution in [0.2, 0.25) is 0 Å². The summed E-state index contributed by atoms with van der Waals surface area (Å²) < 4.78 is 97.1. The van der Waals surface area contributed by atoms with Crippen LogP contribution in [0.3, 0.4) is 0 Å². The molecule has 0 saturated carbocycles. The highest BCUT2D eigenvalue weighted by molar-refractivity contribution is 5.53. The maximum Gasteiger partial charge on any atom is 0.416 e. The Balaban J connectivity index is 1.96. The zero-order chi connectivity index (χ0) is 24.6. The number of anilines is 1. The summed E-state index contributed by atoms with van der Waals surface area (Å²) in [5.41, 5.74) is -2.54. The van der Waals surface area contributed by atoms with E-state index in [0.717, 1.165) is 5.69 Å². The number of halogens is 6. The van der Waals surface area contributed by atoms with Crippen molar-refractivity contribution in [1.29, 1.82) is 0 Å². The van der Waals surface area contributed by atoms with Crippen LogP contribution in [-0.2, 0) is 28.4 Å². The Kier molecular flexibility index (Phi) is 6.91. The van der Waals surface area contributed by atoms with Gasteiger partial charge in [0.2, 0.25) is 0 Å². The van der Waals surface area contributed by atoms with Crippen molar-refractivity contribution in [2.45, 2.75) is 57.5 Å². The predicted octanol–water partition coefficient (Wildman–Crippen LogP) is 6.60. The van der Waals surface area contributed by atoms with Gasteiger partial charge < -0.3 is 19.5 Å². The van der Waals surface area contributed by atoms with Crippen LogP contribution in [-0.4, -0.2) is 25.4 Å². The van der Waals surface area contributed by atoms with Crippen molar-refractivity contribution in [2.75, 3.05) is 19.0 Å². The molecule has 0 aliphatic carbocycles. The lowest BCUT2D eigenvalue weighted by Gasteiger charge is -2.44. The number of nitrogens with one attached hydrogen (secondary N) is 1. The number of alkyl halides is 6. The van der Waals surface area contributed by atoms with Crippen LogP contribution in [0.25, 0.3) is 0 Å². The third-order valence-electron chi connectivity index (χ3n) is 5.36. The van der Waals surface area contributed by atoms with Crippen LogP contribution < -0.4 is 10.1 Å². The van der Waals surface area contributed by atoms with Gasteiger partial charge in [-0.3, -0.25) is 0 Å². The third-order valence-corrected chi connectivity index (χ3v) is 5.36. The van der Waals surface area contributed by atoms with Crippen LogP contribution in [0.5, 0.6) is 5.75 Å². The van der Waals surface area contributed by atoms with E-state index in [4.69, 9.17) is 14.2 Å². The van der Waals surface area contributed by atoms with Gasteiger partial charge in [0.1, 0.15) is 23.6 Å². The molecule has 3 rings (SSSR count). The number of hydrogen-bond donors (Lipinski definition) is 1. The van der Waals surface area contributed by atoms with E-state index in [1.807, 2.05) is 12.1 Å². The van der Waals surface area contributed by atoms with E-state index in [9.17, 15) is 26.3 Å². The van der Waals surface area contributed by atoms with Crippen molar-refractivity contribution < 1.29 is 40.6 Å². The number of hydrogen-bond acceptors (Lipinski definition) is 4. The van der Waals surface area contributed by atoms with Gasteiger partial charge in [0.15, 0.2) is 0 Å². The molecule has 1 aliphatic rings. The molecule has 2 aromatic rings. The van der Waals surface area contributed by atoms with Gasteiger partial charge in [-0.25, -0.2) is 0 Å². The Hall–Kier alpha value is -2.46. The minimum atomic E-state index is -4.93. The summed E-state index contributed by atoms with van der Waals surface area (Å²) in [6, 6.07) is 6.82. The SMILES string of the molecule is CCOC1c2cc(NC)ccc2OC(C)(C)C1OCc1cc(C(F)(F)F)cc(C(F)(F)F)c1. The van der Waals surface area contributed by atoms with E-state index < -0.39 is 47.9 Å². The van der Waals surface area contributed by atoms with Crippen molar-refractivity contribution in [3.8, 4) is 5.75 Å². The maximum absolute atomic E-state index is 13.2. The van der Waals surface area contributed by atoms with Crippen LogP contribution >= 0.6 is 0 Å². The summed E-state index contributed by atoms with van der Waals surface area (Å²) in [7, 11) is 1.74. The molecule has 10 heteroatoms. The van der Waals surface area contributed by atoms with E-state index in [1.165, 1.54) is 0 Å². The summed E-state index contributed by atoms with van der Waals surface area (Å²) in [6.07, 6.45) is -11.3. The largest absolute Gasteiger partial charge is 0.485 e. The standard InChI is InChI=1S/C23H25F6NO3/c1-5-31-19-17-11-16(30-4)6-7-18(17)33-21(2,3)20(19)32-12-13-8-14(22(24,25)26)10-15(9-13)23(27,28)29/h6-11,19-20,30H,5,12H2,1-4H3. The van der Waals surface area contributed by atoms with E-state index in [0.29, 0.717) is 30.1 Å². The molecular weight excluding hydrogens is 452 g/mol. The quantitative estimate of drug-likeness (QED) is 0.476. The average Bonchev–Trinajstić information content (AvgIpc) is 2.71. The molecule has 0 spiro atoms. The molecule has 0 aromatic heterocycles. The lowest BCUT2D eigenvalue weighted by molar-refractivity contribution is -0.166. The number of benzene rings is 2. The van der Waals surface area contributed by atoms with E-state index in [-0.39, 0.29) is 11.6 Å². The molecule has 1 N–H and O–H groups in total. The zero-order valence-corrected chi connectivity index (χ0v) is 18.5. The summed E-state index contributed by atoms with van der Waals surface area (Å²) in [5, 5.41) is 3.01. The molecule has 33 heavy (non-hydrogen) atoms. The van der Waals surface area contributed by atoms with E-state index >= 15 is 0 Å². The predicted molar refractivity (Wildman–Crippen MR) is 110 cm³/mol. The fourth-order valence-electron chi connectivity index (χ4n) is 3.82. The first-order valence-corrected chi connectivity index (χ1v) is 10.3. The Morgan fingerprint density at radius 3 is 2.06 bits per heavy atom. The fourth-order valence-corrected chi connectivity index (χ4v) is 3.82. The molecule has 0 radical (unpaired) electrons. The lowest BCUT2D eigenvalue weighted by Crippen LogP contribution is -2.51. The normalized spacial score (nSPS) is 20.2. The highest BCUT2D eigenvalue weighted by atomic mass is 19.4. The summed E-state index contributed by atoms with van der Waals surface area (Å²) >= 11 is 0. The van der Waals surface area contributed by atoms with Gasteiger partial charge in [-0.15, -0.1) is 0 Å². The van der Waals surface area contributed by atoms with Crippen LogP contribution in [0.1, 0.15) is 49.1 Å². The van der Waals surface area contributed by atoms with Gasteiger partial charge in [-0.2, -0.15) is 26.3 Å². The molecule has 2 atom stereocenters. The van der Waals surface area contributed by atoms with Crippen molar-refractivity contribution in [3.63, 3.8) is 0 Å². The molecule has 0 bridgehead atoms. The Morgan fingerprint density at radius 1 is 0.939 bits per heavy atom. The topological polar surface area (TPSA) is 39.7 Å². The first-order valence-electron chi connectivity index (χ1n) is 10.3. The number of ether oxygens (including phenoxy) is 3. The number of rotatable bonds is 6. The second-order valence-corrected chi connectivity index (χ2v) is 8.23. The molecular formula is C23H25F6NO3. The van der Waals surface area contributed by atoms with Gasteiger partial charge >= 0.3 is 12.4 Å². The smallest absolute Gasteiger partial charge is 0.416 e. The van der Waals surface area contributed by atoms with Crippen molar-refractivity contribution >= 4 is 5.69 Å². The number of fused-ring (bicyclic) bond motifs is 1. The van der Waals surface area contributed by atoms with Crippen LogP contribution in [0.15, 0.2) is 36.4 Å². The average molecular weight is 477 g/mol. The molecule has 0 saturated heterocycles. The maximum atomic E-state index is 13.2. The zero-order valence-electron chi connectivity index (χ0n) is 18.5. The lowest BCUT2D eigenvalue weighted by atomic mass is 9.87. The van der Waals surface area contributed by atoms with E-state index in [1.54, 1.807) is 33.9 Å². The molecule has 0 fully saturated rings. The molecule has 2 aromatic carbocycles. The second-order valence-electron chi connectivity index (χ2n) is 8.23. The summed E-state index contributed by atoms with van der Waals surface area (Å²) in [6.45, 7) is 5.06. The third kappa shape index (κ3) is 5.55. The Morgan fingerprint density at radius 2 is 1.55 bits per heavy atom. The minimum Gasteiger partial charge on any atom is -0.485 e. The minimum absolute atomic E-state index is 0.0929. The monoisotopic (exact) mass is 477 g/mol. The summed E-state index contributed by atoms with van der Waals surface area (Å²) in [5.74, 6) is 0.565. The van der Waals surface area contributed by atoms with Crippen LogP contribution in [0.4, 0.5) is 32.0 Å². The molecule has 1 heterocycles. The molecule has 182 valence electrons. The fraction of sp³-hybridized carbons (Fsp3) is 0.478. The first-order chi connectivity index (χ1) is 15.3. The summed E-state index contributed by atoms with van der Waals surface area (Å²) in [4.78, 5) is 0.